The van der Waals surface area contributed by atoms with Crippen LogP contribution in [-0.2, 0) is 6.42 Å². The number of H-pyrrole nitrogens is 1. The summed E-state index contributed by atoms with van der Waals surface area (Å²) >= 11 is 0. The zero-order chi connectivity index (χ0) is 30.1. The molecule has 0 amide bonds. The van der Waals surface area contributed by atoms with Crippen LogP contribution < -0.4 is 11.1 Å². The minimum absolute atomic E-state index is 0.329. The van der Waals surface area contributed by atoms with Crippen molar-refractivity contribution in [1.29, 1.82) is 0 Å². The number of halogens is 1. The van der Waals surface area contributed by atoms with Crippen molar-refractivity contribution < 1.29 is 4.39 Å². The Hall–Kier alpha value is -4.28. The average molecular weight is 555 g/mol. The summed E-state index contributed by atoms with van der Waals surface area (Å²) in [5, 5.41) is 3.30. The van der Waals surface area contributed by atoms with Gasteiger partial charge in [0.05, 0.1) is 11.9 Å². The summed E-state index contributed by atoms with van der Waals surface area (Å²) in [6, 6.07) is 7.51. The first kappa shape index (κ1) is 31.3. The van der Waals surface area contributed by atoms with Gasteiger partial charge in [0.15, 0.2) is 0 Å². The van der Waals surface area contributed by atoms with E-state index in [9.17, 15) is 0 Å². The van der Waals surface area contributed by atoms with Crippen LogP contribution in [0.1, 0.15) is 42.8 Å². The maximum Gasteiger partial charge on any atom is 0.136 e. The van der Waals surface area contributed by atoms with Crippen molar-refractivity contribution in [3.63, 3.8) is 0 Å². The van der Waals surface area contributed by atoms with Crippen LogP contribution in [0.15, 0.2) is 67.7 Å². The molecule has 3 heterocycles. The highest BCUT2D eigenvalue weighted by molar-refractivity contribution is 5.72. The molecular formula is C34H43FN6. The van der Waals surface area contributed by atoms with Crippen molar-refractivity contribution in [2.75, 3.05) is 44.3 Å². The molecule has 0 bridgehead atoms. The van der Waals surface area contributed by atoms with Gasteiger partial charge in [-0.3, -0.25) is 4.98 Å². The van der Waals surface area contributed by atoms with Crippen LogP contribution in [-0.4, -0.2) is 53.0 Å². The lowest BCUT2D eigenvalue weighted by atomic mass is 9.98. The van der Waals surface area contributed by atoms with Gasteiger partial charge in [-0.1, -0.05) is 33.1 Å². The predicted molar refractivity (Wildman–Crippen MR) is 172 cm³/mol. The number of nitrogens with two attached hydrogens (primary N) is 1. The van der Waals surface area contributed by atoms with E-state index in [1.54, 1.807) is 24.5 Å². The number of pyridine rings is 1. The lowest BCUT2D eigenvalue weighted by molar-refractivity contribution is 0.207. The Labute approximate surface area is 244 Å². The van der Waals surface area contributed by atoms with E-state index < -0.39 is 0 Å². The third-order valence-corrected chi connectivity index (χ3v) is 7.14. The number of nitrogen functional groups attached to an aromatic ring is 1. The molecule has 1 saturated heterocycles. The lowest BCUT2D eigenvalue weighted by Crippen LogP contribution is -2.43. The number of allylic oxidation sites excluding steroid dienone is 3. The van der Waals surface area contributed by atoms with Crippen molar-refractivity contribution >= 4 is 17.1 Å². The predicted octanol–water partition coefficient (Wildman–Crippen LogP) is 6.69. The quantitative estimate of drug-likeness (QED) is 0.148. The minimum Gasteiger partial charge on any atom is -0.398 e. The molecule has 216 valence electrons. The van der Waals surface area contributed by atoms with Crippen molar-refractivity contribution in [1.82, 2.24) is 19.8 Å². The number of benzene rings is 1. The number of hydrogen-bond donors (Lipinski definition) is 3. The molecule has 0 spiro atoms. The molecule has 1 aliphatic rings. The van der Waals surface area contributed by atoms with Gasteiger partial charge in [0, 0.05) is 89.5 Å². The fraction of sp³-hybridized carbons (Fsp3) is 0.324. The molecule has 3 aromatic rings. The molecule has 6 nitrogen and oxygen atoms in total. The fourth-order valence-corrected chi connectivity index (χ4v) is 5.15. The fourth-order valence-electron chi connectivity index (χ4n) is 5.15. The highest BCUT2D eigenvalue weighted by atomic mass is 19.1. The molecule has 1 aromatic carbocycles. The minimum atomic E-state index is -0.329. The van der Waals surface area contributed by atoms with E-state index in [4.69, 9.17) is 5.73 Å². The summed E-state index contributed by atoms with van der Waals surface area (Å²) in [5.74, 6) is 0.157. The summed E-state index contributed by atoms with van der Waals surface area (Å²) in [5.41, 5.74) is 14.2. The smallest absolute Gasteiger partial charge is 0.136 e. The number of aryl methyl sites for hydroxylation is 1. The van der Waals surface area contributed by atoms with Gasteiger partial charge in [-0.2, -0.15) is 0 Å². The molecule has 4 N–H and O–H groups in total. The molecule has 2 aromatic heterocycles. The number of anilines is 2. The van der Waals surface area contributed by atoms with Crippen LogP contribution in [0, 0.1) is 31.5 Å². The Morgan fingerprint density at radius 1 is 1.20 bits per heavy atom. The molecule has 4 rings (SSSR count). The van der Waals surface area contributed by atoms with Crippen LogP contribution in [0.3, 0.4) is 0 Å². The number of hydrogen-bond acceptors (Lipinski definition) is 5. The zero-order valence-corrected chi connectivity index (χ0v) is 24.8. The van der Waals surface area contributed by atoms with E-state index in [1.165, 1.54) is 0 Å². The Bertz CT molecular complexity index is 1410. The van der Waals surface area contributed by atoms with Gasteiger partial charge in [0.2, 0.25) is 0 Å². The first-order chi connectivity index (χ1) is 19.7. The van der Waals surface area contributed by atoms with Crippen molar-refractivity contribution in [3.05, 3.63) is 96.0 Å². The van der Waals surface area contributed by atoms with E-state index in [0.717, 1.165) is 66.6 Å². The number of aromatic amines is 1. The number of terminal acetylenes is 1. The monoisotopic (exact) mass is 554 g/mol. The molecule has 0 radical (unpaired) electrons. The van der Waals surface area contributed by atoms with E-state index in [1.807, 2.05) is 12.1 Å². The van der Waals surface area contributed by atoms with Crippen LogP contribution in [0.5, 0.6) is 0 Å². The molecule has 41 heavy (non-hydrogen) atoms. The van der Waals surface area contributed by atoms with E-state index >= 15 is 4.39 Å². The van der Waals surface area contributed by atoms with E-state index in [-0.39, 0.29) is 5.82 Å². The van der Waals surface area contributed by atoms with Gasteiger partial charge in [0.25, 0.3) is 0 Å². The Balaban J connectivity index is 0.00000226. The number of nitrogens with one attached hydrogen (secondary N) is 2. The van der Waals surface area contributed by atoms with E-state index in [2.05, 4.69) is 91.1 Å². The second kappa shape index (κ2) is 14.4. The Kier molecular flexibility index (Phi) is 11.0. The summed E-state index contributed by atoms with van der Waals surface area (Å²) in [7, 11) is 2.15. The maximum absolute atomic E-state index is 16.0. The maximum atomic E-state index is 16.0. The van der Waals surface area contributed by atoms with Crippen molar-refractivity contribution in [2.45, 2.75) is 33.6 Å². The van der Waals surface area contributed by atoms with Crippen LogP contribution >= 0.6 is 0 Å². The summed E-state index contributed by atoms with van der Waals surface area (Å²) < 4.78 is 16.0. The molecular weight excluding hydrogens is 511 g/mol. The van der Waals surface area contributed by atoms with E-state index in [0.29, 0.717) is 34.7 Å². The first-order valence-corrected chi connectivity index (χ1v) is 13.9. The number of piperazine rings is 1. The summed E-state index contributed by atoms with van der Waals surface area (Å²) in [6.45, 7) is 18.3. The Morgan fingerprint density at radius 3 is 2.56 bits per heavy atom. The second-order valence-electron chi connectivity index (χ2n) is 10.9. The van der Waals surface area contributed by atoms with Gasteiger partial charge in [0.1, 0.15) is 5.82 Å². The third kappa shape index (κ3) is 7.90. The number of aromatic nitrogens is 2. The zero-order valence-electron chi connectivity index (χ0n) is 24.8. The van der Waals surface area contributed by atoms with Crippen molar-refractivity contribution in [2.24, 2.45) is 5.92 Å². The largest absolute Gasteiger partial charge is 0.398 e. The SMILES string of the molecule is C#C.C=C/C=C(\c1cc(Cc2c(N)ccc(-c3cncc(NC(=C)CC(C)C)c3)c2F)[nH]c1C)N1CCN(C)CC1. The summed E-state index contributed by atoms with van der Waals surface area (Å²) in [6.07, 6.45) is 16.5. The first-order valence-electron chi connectivity index (χ1n) is 13.9. The number of nitrogens with zero attached hydrogens (tertiary/aromatic N) is 3. The molecule has 0 atom stereocenters. The normalized spacial score (nSPS) is 14.0. The topological polar surface area (TPSA) is 73.2 Å². The Morgan fingerprint density at radius 2 is 1.90 bits per heavy atom. The van der Waals surface area contributed by atoms with Gasteiger partial charge in [-0.05, 0) is 56.7 Å². The molecule has 1 fully saturated rings. The molecule has 1 aliphatic heterocycles. The highest BCUT2D eigenvalue weighted by Crippen LogP contribution is 2.32. The van der Waals surface area contributed by atoms with Gasteiger partial charge < -0.3 is 25.8 Å². The molecule has 7 heteroatoms. The lowest BCUT2D eigenvalue weighted by Gasteiger charge is -2.35. The summed E-state index contributed by atoms with van der Waals surface area (Å²) in [4.78, 5) is 12.5. The average Bonchev–Trinajstić information content (AvgIpc) is 3.30. The standard InChI is InChI=1S/C32H41FN6.C2H2/c1-7-8-31(39-13-11-38(6)12-14-39)28-17-25(37-23(28)5)18-29-30(34)10-9-27(32(29)33)24-16-26(20-35-19-24)36-22(4)15-21(2)3;1-2/h7-10,16-17,19-21,36-37H,1,4,11-15,18,34H2,2-3,5-6H3;1-2H/b31-8+;. The third-order valence-electron chi connectivity index (χ3n) is 7.14. The molecule has 0 unspecified atom stereocenters. The van der Waals surface area contributed by atoms with Crippen LogP contribution in [0.2, 0.25) is 0 Å². The van der Waals surface area contributed by atoms with Crippen LogP contribution in [0.25, 0.3) is 16.8 Å². The highest BCUT2D eigenvalue weighted by Gasteiger charge is 2.21. The molecule has 0 aliphatic carbocycles. The number of likely N-dealkylation sites (N-methyl/N-ethyl adjacent to an activating group) is 1. The number of rotatable bonds is 10. The second-order valence-corrected chi connectivity index (χ2v) is 10.9. The van der Waals surface area contributed by atoms with Crippen molar-refractivity contribution in [3.8, 4) is 24.0 Å². The molecule has 0 saturated carbocycles. The van der Waals surface area contributed by atoms with Gasteiger partial charge >= 0.3 is 0 Å². The van der Waals surface area contributed by atoms with Gasteiger partial charge in [-0.15, -0.1) is 12.8 Å². The van der Waals surface area contributed by atoms with Gasteiger partial charge in [-0.25, -0.2) is 4.39 Å². The van der Waals surface area contributed by atoms with Crippen LogP contribution in [0.4, 0.5) is 15.8 Å².